The Labute approximate surface area is 184 Å². The fourth-order valence-corrected chi connectivity index (χ4v) is 4.09. The van der Waals surface area contributed by atoms with E-state index in [-0.39, 0.29) is 29.7 Å². The first kappa shape index (κ1) is 21.8. The molecule has 1 aliphatic heterocycles. The summed E-state index contributed by atoms with van der Waals surface area (Å²) >= 11 is 0. The molecule has 168 valence electrons. The van der Waals surface area contributed by atoms with Gasteiger partial charge in [-0.25, -0.2) is 9.37 Å². The van der Waals surface area contributed by atoms with Crippen molar-refractivity contribution in [1.29, 1.82) is 0 Å². The number of hydrogen-bond acceptors (Lipinski definition) is 6. The average Bonchev–Trinajstić information content (AvgIpc) is 2.77. The predicted molar refractivity (Wildman–Crippen MR) is 121 cm³/mol. The van der Waals surface area contributed by atoms with Crippen molar-refractivity contribution >= 4 is 22.5 Å². The van der Waals surface area contributed by atoms with E-state index in [2.05, 4.69) is 29.0 Å². The number of primary amides is 1. The van der Waals surface area contributed by atoms with Crippen LogP contribution >= 0.6 is 0 Å². The lowest BCUT2D eigenvalue weighted by Gasteiger charge is -2.39. The van der Waals surface area contributed by atoms with Crippen molar-refractivity contribution in [3.8, 4) is 17.1 Å². The zero-order valence-electron chi connectivity index (χ0n) is 18.3. The van der Waals surface area contributed by atoms with Crippen molar-refractivity contribution in [3.63, 3.8) is 0 Å². The third kappa shape index (κ3) is 4.03. The molecule has 2 atom stereocenters. The number of anilines is 1. The van der Waals surface area contributed by atoms with E-state index in [9.17, 15) is 14.0 Å². The van der Waals surface area contributed by atoms with E-state index in [1.54, 1.807) is 6.07 Å². The highest BCUT2D eigenvalue weighted by Crippen LogP contribution is 2.28. The lowest BCUT2D eigenvalue weighted by molar-refractivity contribution is -0.118. The normalized spacial score (nSPS) is 18.7. The van der Waals surface area contributed by atoms with Gasteiger partial charge >= 0.3 is 0 Å². The summed E-state index contributed by atoms with van der Waals surface area (Å²) in [6.45, 7) is 5.54. The molecule has 1 aliphatic rings. The van der Waals surface area contributed by atoms with Gasteiger partial charge in [0, 0.05) is 36.4 Å². The summed E-state index contributed by atoms with van der Waals surface area (Å²) in [7, 11) is 1.35. The lowest BCUT2D eigenvalue weighted by atomic mass is 10.1. The second kappa shape index (κ2) is 8.58. The Kier molecular flexibility index (Phi) is 5.84. The van der Waals surface area contributed by atoms with Crippen molar-refractivity contribution in [2.24, 2.45) is 5.73 Å². The van der Waals surface area contributed by atoms with Crippen molar-refractivity contribution in [2.45, 2.75) is 32.5 Å². The van der Waals surface area contributed by atoms with Gasteiger partial charge in [-0.1, -0.05) is 0 Å². The average molecular weight is 439 g/mol. The summed E-state index contributed by atoms with van der Waals surface area (Å²) in [6.07, 6.45) is 0. The lowest BCUT2D eigenvalue weighted by Crippen LogP contribution is -2.54. The molecule has 0 spiro atoms. The minimum Gasteiger partial charge on any atom is -0.494 e. The molecule has 32 heavy (non-hydrogen) atoms. The molecule has 3 aromatic rings. The zero-order chi connectivity index (χ0) is 23.0. The third-order valence-corrected chi connectivity index (χ3v) is 5.76. The molecule has 9 heteroatoms. The van der Waals surface area contributed by atoms with E-state index < -0.39 is 11.7 Å². The molecule has 1 fully saturated rings. The Bertz CT molecular complexity index is 1240. The largest absolute Gasteiger partial charge is 0.494 e. The predicted octanol–water partition coefficient (Wildman–Crippen LogP) is 1.88. The van der Waals surface area contributed by atoms with Crippen LogP contribution in [0.3, 0.4) is 0 Å². The summed E-state index contributed by atoms with van der Waals surface area (Å²) in [5.41, 5.74) is 6.87. The monoisotopic (exact) mass is 439 g/mol. The number of nitrogens with one attached hydrogen (secondary N) is 1. The van der Waals surface area contributed by atoms with E-state index in [1.807, 2.05) is 12.1 Å². The number of rotatable bonds is 5. The fraction of sp³-hybridized carbons (Fsp3) is 0.348. The Hall–Kier alpha value is -3.46. The third-order valence-electron chi connectivity index (χ3n) is 5.76. The quantitative estimate of drug-likeness (QED) is 0.629. The van der Waals surface area contributed by atoms with Crippen LogP contribution in [0.25, 0.3) is 22.3 Å². The SMILES string of the molecule is COc1cc(-c2nc3ccc(N4CC(C)NCC4C)cc3c(=O)n2CC(N)=O)ccc1F. The molecule has 1 saturated heterocycles. The van der Waals surface area contributed by atoms with Gasteiger partial charge in [0.25, 0.3) is 5.56 Å². The number of ether oxygens (including phenoxy) is 1. The summed E-state index contributed by atoms with van der Waals surface area (Å²) in [5.74, 6) is -0.981. The summed E-state index contributed by atoms with van der Waals surface area (Å²) in [5, 5.41) is 3.83. The van der Waals surface area contributed by atoms with Gasteiger partial charge in [0.05, 0.1) is 18.0 Å². The van der Waals surface area contributed by atoms with Gasteiger partial charge in [-0.05, 0) is 50.2 Å². The molecule has 2 heterocycles. The number of aromatic nitrogens is 2. The molecule has 0 aliphatic carbocycles. The standard InChI is InChI=1S/C23H26FN5O3/c1-13-11-28(14(2)10-26-13)16-5-7-19-17(9-16)23(31)29(12-21(25)30)22(27-19)15-4-6-18(24)20(8-15)32-3/h4-9,13-14,26H,10-12H2,1-3H3,(H2,25,30). The molecule has 0 saturated carbocycles. The zero-order valence-corrected chi connectivity index (χ0v) is 18.3. The fourth-order valence-electron chi connectivity index (χ4n) is 4.09. The van der Waals surface area contributed by atoms with Crippen LogP contribution in [0.4, 0.5) is 10.1 Å². The molecule has 0 bridgehead atoms. The van der Waals surface area contributed by atoms with Crippen molar-refractivity contribution < 1.29 is 13.9 Å². The Morgan fingerprint density at radius 2 is 2.06 bits per heavy atom. The molecular formula is C23H26FN5O3. The van der Waals surface area contributed by atoms with Crippen molar-refractivity contribution in [1.82, 2.24) is 14.9 Å². The number of carbonyl (C=O) groups is 1. The van der Waals surface area contributed by atoms with Crippen LogP contribution in [-0.2, 0) is 11.3 Å². The maximum Gasteiger partial charge on any atom is 0.262 e. The summed E-state index contributed by atoms with van der Waals surface area (Å²) in [6, 6.07) is 10.3. The summed E-state index contributed by atoms with van der Waals surface area (Å²) in [4.78, 5) is 32.1. The van der Waals surface area contributed by atoms with Crippen LogP contribution < -0.4 is 26.2 Å². The molecule has 2 unspecified atom stereocenters. The molecule has 4 rings (SSSR count). The number of nitrogens with two attached hydrogens (primary N) is 1. The first-order valence-electron chi connectivity index (χ1n) is 10.5. The maximum absolute atomic E-state index is 13.9. The molecule has 1 aromatic heterocycles. The minimum atomic E-state index is -0.677. The van der Waals surface area contributed by atoms with E-state index in [0.29, 0.717) is 22.5 Å². The Morgan fingerprint density at radius 3 is 2.78 bits per heavy atom. The van der Waals surface area contributed by atoms with Gasteiger partial charge < -0.3 is 20.7 Å². The van der Waals surface area contributed by atoms with Crippen LogP contribution in [0.1, 0.15) is 13.8 Å². The highest BCUT2D eigenvalue weighted by atomic mass is 19.1. The van der Waals surface area contributed by atoms with Crippen molar-refractivity contribution in [2.75, 3.05) is 25.1 Å². The van der Waals surface area contributed by atoms with Crippen LogP contribution in [0.15, 0.2) is 41.2 Å². The number of hydrogen-bond donors (Lipinski definition) is 2. The number of carbonyl (C=O) groups excluding carboxylic acids is 1. The smallest absolute Gasteiger partial charge is 0.262 e. The van der Waals surface area contributed by atoms with Gasteiger partial charge in [-0.15, -0.1) is 0 Å². The number of piperazine rings is 1. The topological polar surface area (TPSA) is 102 Å². The second-order valence-corrected chi connectivity index (χ2v) is 8.15. The van der Waals surface area contributed by atoms with Crippen LogP contribution in [0.5, 0.6) is 5.75 Å². The first-order chi connectivity index (χ1) is 15.3. The van der Waals surface area contributed by atoms with Gasteiger partial charge in [-0.2, -0.15) is 0 Å². The van der Waals surface area contributed by atoms with E-state index in [1.165, 1.54) is 29.9 Å². The molecule has 3 N–H and O–H groups in total. The number of halogens is 1. The summed E-state index contributed by atoms with van der Waals surface area (Å²) < 4.78 is 20.2. The number of amides is 1. The Balaban J connectivity index is 1.89. The molecule has 1 amide bonds. The molecule has 2 aromatic carbocycles. The number of methoxy groups -OCH3 is 1. The highest BCUT2D eigenvalue weighted by Gasteiger charge is 2.24. The molecule has 8 nitrogen and oxygen atoms in total. The maximum atomic E-state index is 13.9. The molecular weight excluding hydrogens is 413 g/mol. The Morgan fingerprint density at radius 1 is 1.28 bits per heavy atom. The van der Waals surface area contributed by atoms with Gasteiger partial charge in [0.2, 0.25) is 5.91 Å². The van der Waals surface area contributed by atoms with E-state index in [0.717, 1.165) is 18.8 Å². The van der Waals surface area contributed by atoms with Gasteiger partial charge in [0.1, 0.15) is 12.4 Å². The first-order valence-corrected chi connectivity index (χ1v) is 10.5. The van der Waals surface area contributed by atoms with Crippen LogP contribution in [0.2, 0.25) is 0 Å². The minimum absolute atomic E-state index is 0.0136. The van der Waals surface area contributed by atoms with Gasteiger partial charge in [-0.3, -0.25) is 14.2 Å². The van der Waals surface area contributed by atoms with Crippen LogP contribution in [-0.4, -0.2) is 47.7 Å². The van der Waals surface area contributed by atoms with Gasteiger partial charge in [0.15, 0.2) is 11.6 Å². The second-order valence-electron chi connectivity index (χ2n) is 8.15. The van der Waals surface area contributed by atoms with Crippen molar-refractivity contribution in [3.05, 3.63) is 52.6 Å². The number of fused-ring (bicyclic) bond motifs is 1. The van der Waals surface area contributed by atoms with Crippen LogP contribution in [0, 0.1) is 5.82 Å². The van der Waals surface area contributed by atoms with E-state index >= 15 is 0 Å². The number of benzene rings is 2. The highest BCUT2D eigenvalue weighted by molar-refractivity contribution is 5.84. The number of nitrogens with zero attached hydrogens (tertiary/aromatic N) is 3. The van der Waals surface area contributed by atoms with E-state index in [4.69, 9.17) is 10.5 Å². The molecule has 0 radical (unpaired) electrons.